The van der Waals surface area contributed by atoms with Gasteiger partial charge in [-0.15, -0.1) is 0 Å². The van der Waals surface area contributed by atoms with E-state index in [2.05, 4.69) is 5.32 Å². The highest BCUT2D eigenvalue weighted by molar-refractivity contribution is 7.89. The average molecular weight is 405 g/mol. The molecule has 1 heterocycles. The Hall–Kier alpha value is -1.96. The van der Waals surface area contributed by atoms with Crippen molar-refractivity contribution in [1.29, 1.82) is 0 Å². The molecule has 0 unspecified atom stereocenters. The molecule has 7 heteroatoms. The van der Waals surface area contributed by atoms with Gasteiger partial charge in [-0.3, -0.25) is 4.79 Å². The van der Waals surface area contributed by atoms with Crippen LogP contribution in [0.4, 0.5) is 0 Å². The SMILES string of the molecule is CC(C)OCCCNC(=O)[C@@H]1CCCN1S(=O)(=O)c1ccc2ccccc2c1. The molecule has 1 amide bonds. The van der Waals surface area contributed by atoms with Gasteiger partial charge < -0.3 is 10.1 Å². The van der Waals surface area contributed by atoms with Crippen LogP contribution in [-0.2, 0) is 19.6 Å². The zero-order valence-corrected chi connectivity index (χ0v) is 17.2. The zero-order valence-electron chi connectivity index (χ0n) is 16.4. The third-order valence-electron chi connectivity index (χ3n) is 4.91. The lowest BCUT2D eigenvalue weighted by Crippen LogP contribution is -2.46. The Morgan fingerprint density at radius 2 is 1.96 bits per heavy atom. The third kappa shape index (κ3) is 4.71. The highest BCUT2D eigenvalue weighted by Gasteiger charge is 2.39. The predicted molar refractivity (Wildman–Crippen MR) is 110 cm³/mol. The van der Waals surface area contributed by atoms with Crippen LogP contribution < -0.4 is 5.32 Å². The largest absolute Gasteiger partial charge is 0.379 e. The van der Waals surface area contributed by atoms with Crippen LogP contribution in [0.15, 0.2) is 47.4 Å². The molecule has 0 aromatic heterocycles. The number of hydrogen-bond acceptors (Lipinski definition) is 4. The minimum atomic E-state index is -3.72. The summed E-state index contributed by atoms with van der Waals surface area (Å²) in [6.45, 7) is 5.34. The molecule has 0 aliphatic carbocycles. The van der Waals surface area contributed by atoms with E-state index in [1.165, 1.54) is 4.31 Å². The van der Waals surface area contributed by atoms with Gasteiger partial charge in [0.15, 0.2) is 0 Å². The molecule has 152 valence electrons. The zero-order chi connectivity index (χ0) is 20.1. The molecule has 1 N–H and O–H groups in total. The van der Waals surface area contributed by atoms with Gasteiger partial charge in [0.25, 0.3) is 0 Å². The molecule has 6 nitrogen and oxygen atoms in total. The monoisotopic (exact) mass is 404 g/mol. The standard InChI is InChI=1S/C21H28N2O4S/c1-16(2)27-14-6-12-22-21(24)20-9-5-13-23(20)28(25,26)19-11-10-17-7-3-4-8-18(17)15-19/h3-4,7-8,10-11,15-16,20H,5-6,9,12-14H2,1-2H3,(H,22,24)/t20-/m0/s1. The van der Waals surface area contributed by atoms with Crippen LogP contribution in [0.25, 0.3) is 10.8 Å². The molecule has 1 aliphatic rings. The molecule has 1 aliphatic heterocycles. The van der Waals surface area contributed by atoms with E-state index in [9.17, 15) is 13.2 Å². The minimum absolute atomic E-state index is 0.160. The lowest BCUT2D eigenvalue weighted by atomic mass is 10.1. The van der Waals surface area contributed by atoms with E-state index in [-0.39, 0.29) is 16.9 Å². The number of carbonyl (C=O) groups is 1. The fourth-order valence-electron chi connectivity index (χ4n) is 3.47. The van der Waals surface area contributed by atoms with Crippen LogP contribution in [0.3, 0.4) is 0 Å². The fraction of sp³-hybridized carbons (Fsp3) is 0.476. The molecule has 28 heavy (non-hydrogen) atoms. The molecule has 1 fully saturated rings. The summed E-state index contributed by atoms with van der Waals surface area (Å²) >= 11 is 0. The lowest BCUT2D eigenvalue weighted by molar-refractivity contribution is -0.124. The number of hydrogen-bond donors (Lipinski definition) is 1. The molecule has 2 aromatic carbocycles. The molecule has 0 radical (unpaired) electrons. The quantitative estimate of drug-likeness (QED) is 0.687. The van der Waals surface area contributed by atoms with E-state index in [0.717, 1.165) is 10.8 Å². The van der Waals surface area contributed by atoms with Crippen molar-refractivity contribution in [3.05, 3.63) is 42.5 Å². The maximum Gasteiger partial charge on any atom is 0.243 e. The summed E-state index contributed by atoms with van der Waals surface area (Å²) in [6, 6.07) is 12.1. The van der Waals surface area contributed by atoms with Gasteiger partial charge in [0.2, 0.25) is 15.9 Å². The van der Waals surface area contributed by atoms with Gasteiger partial charge in [-0.05, 0) is 56.0 Å². The second-order valence-corrected chi connectivity index (χ2v) is 9.24. The Morgan fingerprint density at radius 1 is 1.21 bits per heavy atom. The maximum atomic E-state index is 13.2. The smallest absolute Gasteiger partial charge is 0.243 e. The number of amides is 1. The average Bonchev–Trinajstić information content (AvgIpc) is 3.18. The Kier molecular flexibility index (Phi) is 6.69. The van der Waals surface area contributed by atoms with E-state index >= 15 is 0 Å². The first-order chi connectivity index (χ1) is 13.4. The van der Waals surface area contributed by atoms with Crippen molar-refractivity contribution in [1.82, 2.24) is 9.62 Å². The number of nitrogens with one attached hydrogen (secondary N) is 1. The topological polar surface area (TPSA) is 75.7 Å². The molecule has 0 spiro atoms. The Morgan fingerprint density at radius 3 is 2.71 bits per heavy atom. The van der Waals surface area contributed by atoms with Gasteiger partial charge in [0.05, 0.1) is 11.0 Å². The van der Waals surface area contributed by atoms with E-state index < -0.39 is 16.1 Å². The summed E-state index contributed by atoms with van der Waals surface area (Å²) in [5, 5.41) is 4.71. The van der Waals surface area contributed by atoms with Crippen molar-refractivity contribution < 1.29 is 17.9 Å². The number of ether oxygens (including phenoxy) is 1. The molecule has 3 rings (SSSR count). The second-order valence-electron chi connectivity index (χ2n) is 7.35. The van der Waals surface area contributed by atoms with Crippen molar-refractivity contribution >= 4 is 26.7 Å². The van der Waals surface area contributed by atoms with E-state index in [1.807, 2.05) is 44.2 Å². The van der Waals surface area contributed by atoms with Crippen LogP contribution >= 0.6 is 0 Å². The van der Waals surface area contributed by atoms with Crippen molar-refractivity contribution in [2.24, 2.45) is 0 Å². The first-order valence-electron chi connectivity index (χ1n) is 9.79. The van der Waals surface area contributed by atoms with Gasteiger partial charge >= 0.3 is 0 Å². The molecule has 0 bridgehead atoms. The summed E-state index contributed by atoms with van der Waals surface area (Å²) in [5.41, 5.74) is 0. The highest BCUT2D eigenvalue weighted by atomic mass is 32.2. The summed E-state index contributed by atoms with van der Waals surface area (Å²) in [6.07, 6.45) is 2.09. The number of carbonyl (C=O) groups excluding carboxylic acids is 1. The number of sulfonamides is 1. The molecular weight excluding hydrogens is 376 g/mol. The minimum Gasteiger partial charge on any atom is -0.379 e. The molecule has 0 saturated carbocycles. The van der Waals surface area contributed by atoms with Crippen molar-refractivity contribution in [2.75, 3.05) is 19.7 Å². The predicted octanol–water partition coefficient (Wildman–Crippen LogP) is 2.92. The number of fused-ring (bicyclic) bond motifs is 1. The van der Waals surface area contributed by atoms with E-state index in [1.54, 1.807) is 12.1 Å². The molecule has 1 saturated heterocycles. The first kappa shape index (κ1) is 20.8. The van der Waals surface area contributed by atoms with Gasteiger partial charge in [0, 0.05) is 19.7 Å². The Bertz CT molecular complexity index is 927. The molecular formula is C21H28N2O4S. The Balaban J connectivity index is 1.69. The number of nitrogens with zero attached hydrogens (tertiary/aromatic N) is 1. The summed E-state index contributed by atoms with van der Waals surface area (Å²) in [7, 11) is -3.72. The Labute approximate surface area is 166 Å². The van der Waals surface area contributed by atoms with Crippen LogP contribution in [0.2, 0.25) is 0 Å². The summed E-state index contributed by atoms with van der Waals surface area (Å²) in [5.74, 6) is -0.230. The van der Waals surface area contributed by atoms with E-state index in [0.29, 0.717) is 39.0 Å². The summed E-state index contributed by atoms with van der Waals surface area (Å²) in [4.78, 5) is 12.8. The van der Waals surface area contributed by atoms with Crippen molar-refractivity contribution in [3.63, 3.8) is 0 Å². The van der Waals surface area contributed by atoms with Gasteiger partial charge in [-0.25, -0.2) is 8.42 Å². The fourth-order valence-corrected chi connectivity index (χ4v) is 5.17. The summed E-state index contributed by atoms with van der Waals surface area (Å²) < 4.78 is 33.1. The van der Waals surface area contributed by atoms with Gasteiger partial charge in [-0.1, -0.05) is 30.3 Å². The van der Waals surface area contributed by atoms with Gasteiger partial charge in [-0.2, -0.15) is 4.31 Å². The number of benzene rings is 2. The third-order valence-corrected chi connectivity index (χ3v) is 6.81. The lowest BCUT2D eigenvalue weighted by Gasteiger charge is -2.23. The van der Waals surface area contributed by atoms with Gasteiger partial charge in [0.1, 0.15) is 6.04 Å². The van der Waals surface area contributed by atoms with Crippen LogP contribution in [0.5, 0.6) is 0 Å². The van der Waals surface area contributed by atoms with Crippen molar-refractivity contribution in [3.8, 4) is 0 Å². The normalized spacial score (nSPS) is 18.0. The second kappa shape index (κ2) is 9.03. The van der Waals surface area contributed by atoms with Crippen molar-refractivity contribution in [2.45, 2.75) is 50.2 Å². The van der Waals surface area contributed by atoms with Crippen LogP contribution in [0, 0.1) is 0 Å². The number of rotatable bonds is 8. The first-order valence-corrected chi connectivity index (χ1v) is 11.2. The van der Waals surface area contributed by atoms with E-state index in [4.69, 9.17) is 4.74 Å². The highest BCUT2D eigenvalue weighted by Crippen LogP contribution is 2.28. The van der Waals surface area contributed by atoms with Crippen LogP contribution in [-0.4, -0.2) is 50.5 Å². The molecule has 1 atom stereocenters. The maximum absolute atomic E-state index is 13.2. The molecule has 2 aromatic rings. The van der Waals surface area contributed by atoms with Crippen LogP contribution in [0.1, 0.15) is 33.1 Å².